The molecule has 0 saturated heterocycles. The van der Waals surface area contributed by atoms with Crippen LogP contribution < -0.4 is 10.6 Å². The van der Waals surface area contributed by atoms with Gasteiger partial charge in [-0.1, -0.05) is 51.1 Å². The molecule has 8 heteroatoms. The van der Waals surface area contributed by atoms with Crippen molar-refractivity contribution in [3.63, 3.8) is 0 Å². The number of nitrogens with zero attached hydrogens (tertiary/aromatic N) is 3. The minimum absolute atomic E-state index is 0.0794. The molecule has 0 unspecified atom stereocenters. The molecule has 2 heterocycles. The second kappa shape index (κ2) is 10.2. The Morgan fingerprint density at radius 2 is 1.90 bits per heavy atom. The first-order valence-electron chi connectivity index (χ1n) is 10.9. The van der Waals surface area contributed by atoms with Crippen LogP contribution in [-0.4, -0.2) is 51.5 Å². The molecule has 0 spiro atoms. The Labute approximate surface area is 183 Å². The van der Waals surface area contributed by atoms with Crippen LogP contribution in [0.3, 0.4) is 0 Å². The van der Waals surface area contributed by atoms with Crippen molar-refractivity contribution in [2.24, 2.45) is 5.92 Å². The zero-order chi connectivity index (χ0) is 22.4. The quantitative estimate of drug-likeness (QED) is 0.678. The zero-order valence-electron chi connectivity index (χ0n) is 18.4. The third kappa shape index (κ3) is 5.51. The molecule has 1 aliphatic heterocycles. The molecule has 8 nitrogen and oxygen atoms in total. The van der Waals surface area contributed by atoms with Crippen molar-refractivity contribution in [3.05, 3.63) is 53.3 Å². The molecule has 0 radical (unpaired) electrons. The summed E-state index contributed by atoms with van der Waals surface area (Å²) in [7, 11) is 0. The molecule has 166 valence electrons. The van der Waals surface area contributed by atoms with Gasteiger partial charge in [0.15, 0.2) is 5.69 Å². The van der Waals surface area contributed by atoms with Crippen molar-refractivity contribution in [1.29, 1.82) is 0 Å². The molecule has 0 aliphatic carbocycles. The highest BCUT2D eigenvalue weighted by Crippen LogP contribution is 2.17. The number of carbonyl (C=O) groups excluding carboxylic acids is 3. The summed E-state index contributed by atoms with van der Waals surface area (Å²) in [6, 6.07) is 10.7. The van der Waals surface area contributed by atoms with Gasteiger partial charge >= 0.3 is 0 Å². The van der Waals surface area contributed by atoms with Crippen LogP contribution in [0.15, 0.2) is 36.4 Å². The van der Waals surface area contributed by atoms with Gasteiger partial charge < -0.3 is 15.5 Å². The number of aromatic nitrogens is 2. The third-order valence-electron chi connectivity index (χ3n) is 5.32. The van der Waals surface area contributed by atoms with Crippen molar-refractivity contribution in [1.82, 2.24) is 25.3 Å². The average molecular weight is 426 g/mol. The lowest BCUT2D eigenvalue weighted by atomic mass is 10.0. The van der Waals surface area contributed by atoms with Gasteiger partial charge in [0, 0.05) is 32.2 Å². The van der Waals surface area contributed by atoms with Gasteiger partial charge in [-0.25, -0.2) is 0 Å². The Bertz CT molecular complexity index is 923. The largest absolute Gasteiger partial charge is 0.354 e. The molecule has 1 atom stereocenters. The fourth-order valence-corrected chi connectivity index (χ4v) is 3.61. The van der Waals surface area contributed by atoms with Crippen molar-refractivity contribution in [2.75, 3.05) is 13.1 Å². The molecule has 0 saturated carbocycles. The number of nitrogens with one attached hydrogen (secondary N) is 2. The van der Waals surface area contributed by atoms with E-state index in [0.717, 1.165) is 18.4 Å². The number of benzene rings is 1. The Hall–Kier alpha value is -3.16. The number of amides is 3. The number of rotatable bonds is 8. The van der Waals surface area contributed by atoms with Crippen molar-refractivity contribution in [2.45, 2.75) is 52.7 Å². The number of hydrogen-bond donors (Lipinski definition) is 2. The smallest absolute Gasteiger partial charge is 0.272 e. The van der Waals surface area contributed by atoms with Crippen LogP contribution in [0, 0.1) is 5.92 Å². The van der Waals surface area contributed by atoms with Crippen LogP contribution >= 0.6 is 0 Å². The molecule has 1 aromatic heterocycles. The first-order valence-corrected chi connectivity index (χ1v) is 10.9. The van der Waals surface area contributed by atoms with Gasteiger partial charge in [0.1, 0.15) is 11.7 Å². The minimum Gasteiger partial charge on any atom is -0.354 e. The highest BCUT2D eigenvalue weighted by Gasteiger charge is 2.29. The van der Waals surface area contributed by atoms with Gasteiger partial charge in [-0.3, -0.25) is 19.1 Å². The average Bonchev–Trinajstić information content (AvgIpc) is 3.13. The highest BCUT2D eigenvalue weighted by molar-refractivity contribution is 5.99. The van der Waals surface area contributed by atoms with E-state index >= 15 is 0 Å². The van der Waals surface area contributed by atoms with E-state index in [9.17, 15) is 14.4 Å². The van der Waals surface area contributed by atoms with Gasteiger partial charge in [-0.2, -0.15) is 5.10 Å². The Balaban J connectivity index is 1.74. The van der Waals surface area contributed by atoms with Crippen molar-refractivity contribution >= 4 is 17.7 Å². The lowest BCUT2D eigenvalue weighted by Gasteiger charge is -2.21. The minimum atomic E-state index is -0.661. The van der Waals surface area contributed by atoms with Crippen molar-refractivity contribution in [3.8, 4) is 0 Å². The van der Waals surface area contributed by atoms with Crippen LogP contribution in [0.2, 0.25) is 0 Å². The van der Waals surface area contributed by atoms with E-state index in [4.69, 9.17) is 0 Å². The van der Waals surface area contributed by atoms with E-state index in [0.29, 0.717) is 31.9 Å². The Morgan fingerprint density at radius 1 is 1.16 bits per heavy atom. The summed E-state index contributed by atoms with van der Waals surface area (Å²) in [6.45, 7) is 7.99. The monoisotopic (exact) mass is 425 g/mol. The summed E-state index contributed by atoms with van der Waals surface area (Å²) in [6.07, 6.45) is 1.57. The maximum atomic E-state index is 13.1. The summed E-state index contributed by atoms with van der Waals surface area (Å²) in [5, 5.41) is 9.97. The summed E-state index contributed by atoms with van der Waals surface area (Å²) in [5.74, 6) is -0.886. The molecular formula is C23H31N5O3. The number of carbonyl (C=O) groups is 3. The van der Waals surface area contributed by atoms with Crippen LogP contribution in [0.4, 0.5) is 0 Å². The standard InChI is InChI=1S/C23H31N5O3/c1-4-11-24-22(30)20(16(2)3)25-21(29)18-14-19-23(31)27(12-8-13-28(19)26-18)15-17-9-6-5-7-10-17/h5-7,9-10,14,16,20H,4,8,11-13,15H2,1-3H3,(H,24,30)(H,25,29)/t20-/m0/s1. The van der Waals surface area contributed by atoms with E-state index in [-0.39, 0.29) is 23.4 Å². The molecule has 1 aromatic carbocycles. The molecular weight excluding hydrogens is 394 g/mol. The first kappa shape index (κ1) is 22.5. The van der Waals surface area contributed by atoms with Crippen LogP contribution in [0.1, 0.15) is 60.2 Å². The van der Waals surface area contributed by atoms with E-state index in [1.165, 1.54) is 6.07 Å². The summed E-state index contributed by atoms with van der Waals surface area (Å²) < 4.78 is 1.60. The van der Waals surface area contributed by atoms with E-state index in [1.807, 2.05) is 51.1 Å². The molecule has 3 amide bonds. The highest BCUT2D eigenvalue weighted by atomic mass is 16.2. The van der Waals surface area contributed by atoms with E-state index < -0.39 is 11.9 Å². The van der Waals surface area contributed by atoms with Gasteiger partial charge in [-0.15, -0.1) is 0 Å². The van der Waals surface area contributed by atoms with Gasteiger partial charge in [-0.05, 0) is 24.3 Å². The van der Waals surface area contributed by atoms with Gasteiger partial charge in [0.2, 0.25) is 5.91 Å². The lowest BCUT2D eigenvalue weighted by Crippen LogP contribution is -2.49. The predicted molar refractivity (Wildman–Crippen MR) is 117 cm³/mol. The first-order chi connectivity index (χ1) is 14.9. The second-order valence-corrected chi connectivity index (χ2v) is 8.19. The van der Waals surface area contributed by atoms with Gasteiger partial charge in [0.25, 0.3) is 11.8 Å². The van der Waals surface area contributed by atoms with Crippen molar-refractivity contribution < 1.29 is 14.4 Å². The normalized spacial score (nSPS) is 14.7. The predicted octanol–water partition coefficient (Wildman–Crippen LogP) is 2.21. The molecule has 31 heavy (non-hydrogen) atoms. The Kier molecular flexibility index (Phi) is 7.44. The molecule has 2 N–H and O–H groups in total. The second-order valence-electron chi connectivity index (χ2n) is 8.19. The Morgan fingerprint density at radius 3 is 2.58 bits per heavy atom. The number of hydrogen-bond acceptors (Lipinski definition) is 4. The molecule has 1 aliphatic rings. The molecule has 0 fully saturated rings. The van der Waals surface area contributed by atoms with Gasteiger partial charge in [0.05, 0.1) is 0 Å². The maximum Gasteiger partial charge on any atom is 0.272 e. The SMILES string of the molecule is CCCNC(=O)[C@@H](NC(=O)c1cc2n(n1)CCCN(Cc1ccccc1)C2=O)C(C)C. The molecule has 0 bridgehead atoms. The van der Waals surface area contributed by atoms with Crippen LogP contribution in [0.25, 0.3) is 0 Å². The zero-order valence-corrected chi connectivity index (χ0v) is 18.4. The summed E-state index contributed by atoms with van der Waals surface area (Å²) in [4.78, 5) is 40.1. The van der Waals surface area contributed by atoms with Crippen LogP contribution in [-0.2, 0) is 17.9 Å². The summed E-state index contributed by atoms with van der Waals surface area (Å²) in [5.41, 5.74) is 1.61. The fourth-order valence-electron chi connectivity index (χ4n) is 3.61. The lowest BCUT2D eigenvalue weighted by molar-refractivity contribution is -0.123. The fraction of sp³-hybridized carbons (Fsp3) is 0.478. The van der Waals surface area contributed by atoms with Crippen LogP contribution in [0.5, 0.6) is 0 Å². The molecule has 3 rings (SSSR count). The number of aryl methyl sites for hydroxylation is 1. The third-order valence-corrected chi connectivity index (χ3v) is 5.32. The summed E-state index contributed by atoms with van der Waals surface area (Å²) >= 11 is 0. The number of fused-ring (bicyclic) bond motifs is 1. The van der Waals surface area contributed by atoms with E-state index in [2.05, 4.69) is 15.7 Å². The maximum absolute atomic E-state index is 13.1. The topological polar surface area (TPSA) is 96.3 Å². The van der Waals surface area contributed by atoms with E-state index in [1.54, 1.807) is 9.58 Å². The molecule has 2 aromatic rings.